The van der Waals surface area contributed by atoms with Crippen molar-refractivity contribution < 1.29 is 0 Å². The lowest BCUT2D eigenvalue weighted by atomic mass is 10.4. The minimum Gasteiger partial charge on any atom is -0.0877 e. The quantitative estimate of drug-likeness (QED) is 0.533. The molecule has 0 amide bonds. The van der Waals surface area contributed by atoms with Crippen LogP contribution in [0, 0.1) is 6.58 Å². The SMILES string of the molecule is [CH]=C/C=C/C=C/C=C/C=C/C. The molecule has 0 bridgehead atoms. The summed E-state index contributed by atoms with van der Waals surface area (Å²) in [5, 5.41) is 0. The van der Waals surface area contributed by atoms with E-state index in [0.29, 0.717) is 0 Å². The summed E-state index contributed by atoms with van der Waals surface area (Å²) >= 11 is 0. The van der Waals surface area contributed by atoms with Gasteiger partial charge in [0, 0.05) is 0 Å². The molecule has 0 aromatic carbocycles. The third-order valence-electron chi connectivity index (χ3n) is 0.970. The van der Waals surface area contributed by atoms with Gasteiger partial charge in [0.15, 0.2) is 0 Å². The van der Waals surface area contributed by atoms with Crippen LogP contribution in [-0.2, 0) is 0 Å². The van der Waals surface area contributed by atoms with E-state index < -0.39 is 0 Å². The Bertz CT molecular complexity index is 190. The van der Waals surface area contributed by atoms with Crippen LogP contribution in [0.15, 0.2) is 54.7 Å². The van der Waals surface area contributed by atoms with E-state index in [1.54, 1.807) is 6.08 Å². The lowest BCUT2D eigenvalue weighted by Gasteiger charge is -1.71. The summed E-state index contributed by atoms with van der Waals surface area (Å²) < 4.78 is 0. The lowest BCUT2D eigenvalue weighted by molar-refractivity contribution is 1.73. The average molecular weight is 145 g/mol. The van der Waals surface area contributed by atoms with Crippen molar-refractivity contribution in [2.75, 3.05) is 0 Å². The van der Waals surface area contributed by atoms with Gasteiger partial charge in [0.05, 0.1) is 0 Å². The molecule has 0 aromatic heterocycles. The van der Waals surface area contributed by atoms with Gasteiger partial charge >= 0.3 is 0 Å². The predicted octanol–water partition coefficient (Wildman–Crippen LogP) is 3.22. The number of hydrogen-bond donors (Lipinski definition) is 0. The van der Waals surface area contributed by atoms with Crippen LogP contribution < -0.4 is 0 Å². The highest BCUT2D eigenvalue weighted by Crippen LogP contribution is 1.81. The molecule has 0 atom stereocenters. The summed E-state index contributed by atoms with van der Waals surface area (Å²) in [6.45, 7) is 7.10. The Balaban J connectivity index is 3.59. The highest BCUT2D eigenvalue weighted by Gasteiger charge is 1.59. The molecule has 0 aromatic rings. The van der Waals surface area contributed by atoms with Crippen molar-refractivity contribution in [1.29, 1.82) is 0 Å². The zero-order valence-electron chi connectivity index (χ0n) is 6.77. The normalized spacial score (nSPS) is 12.8. The molecular weight excluding hydrogens is 132 g/mol. The van der Waals surface area contributed by atoms with Crippen LogP contribution >= 0.6 is 0 Å². The predicted molar refractivity (Wildman–Crippen MR) is 51.1 cm³/mol. The maximum atomic E-state index is 5.12. The summed E-state index contributed by atoms with van der Waals surface area (Å²) in [6, 6.07) is 0. The Morgan fingerprint density at radius 2 is 1.18 bits per heavy atom. The van der Waals surface area contributed by atoms with E-state index in [-0.39, 0.29) is 0 Å². The molecule has 0 unspecified atom stereocenters. The molecule has 0 nitrogen and oxygen atoms in total. The first-order valence-corrected chi connectivity index (χ1v) is 3.58. The van der Waals surface area contributed by atoms with E-state index in [0.717, 1.165) is 0 Å². The molecule has 0 heteroatoms. The molecule has 0 rings (SSSR count). The van der Waals surface area contributed by atoms with Crippen LogP contribution in [0.1, 0.15) is 6.92 Å². The van der Waals surface area contributed by atoms with Gasteiger partial charge in [-0.1, -0.05) is 61.3 Å². The monoisotopic (exact) mass is 145 g/mol. The highest BCUT2D eigenvalue weighted by atomic mass is 13.7. The largest absolute Gasteiger partial charge is 0.0877 e. The second-order valence-corrected chi connectivity index (χ2v) is 1.87. The van der Waals surface area contributed by atoms with Crippen molar-refractivity contribution >= 4 is 0 Å². The molecule has 0 saturated carbocycles. The van der Waals surface area contributed by atoms with Crippen molar-refractivity contribution in [3.05, 3.63) is 61.3 Å². The van der Waals surface area contributed by atoms with E-state index in [9.17, 15) is 0 Å². The van der Waals surface area contributed by atoms with E-state index in [2.05, 4.69) is 0 Å². The first-order chi connectivity index (χ1) is 5.41. The maximum Gasteiger partial charge on any atom is -0.0467 e. The number of hydrogen-bond acceptors (Lipinski definition) is 0. The van der Waals surface area contributed by atoms with Crippen LogP contribution in [0.5, 0.6) is 0 Å². The average Bonchev–Trinajstić information content (AvgIpc) is 2.03. The maximum absolute atomic E-state index is 5.12. The Morgan fingerprint density at radius 3 is 1.64 bits per heavy atom. The van der Waals surface area contributed by atoms with E-state index in [1.807, 2.05) is 49.5 Å². The Morgan fingerprint density at radius 1 is 0.727 bits per heavy atom. The molecule has 0 aliphatic carbocycles. The lowest BCUT2D eigenvalue weighted by Crippen LogP contribution is -1.50. The third-order valence-corrected chi connectivity index (χ3v) is 0.970. The van der Waals surface area contributed by atoms with Crippen molar-refractivity contribution in [3.8, 4) is 0 Å². The zero-order valence-corrected chi connectivity index (χ0v) is 6.77. The highest BCUT2D eigenvalue weighted by molar-refractivity contribution is 5.16. The molecule has 0 spiro atoms. The van der Waals surface area contributed by atoms with Gasteiger partial charge in [0.25, 0.3) is 0 Å². The molecule has 0 aliphatic heterocycles. The number of allylic oxidation sites excluding steroid dienone is 9. The van der Waals surface area contributed by atoms with Crippen LogP contribution in [-0.4, -0.2) is 0 Å². The summed E-state index contributed by atoms with van der Waals surface area (Å²) in [7, 11) is 0. The Kier molecular flexibility index (Phi) is 7.67. The first-order valence-electron chi connectivity index (χ1n) is 3.58. The minimum atomic E-state index is 1.50. The fourth-order valence-electron chi connectivity index (χ4n) is 0.496. The third kappa shape index (κ3) is 8.70. The molecule has 57 valence electrons. The second-order valence-electron chi connectivity index (χ2n) is 1.87. The van der Waals surface area contributed by atoms with E-state index >= 15 is 0 Å². The molecule has 1 radical (unpaired) electrons. The second kappa shape index (κ2) is 8.70. The van der Waals surface area contributed by atoms with Gasteiger partial charge in [0.2, 0.25) is 0 Å². The Hall–Kier alpha value is -1.30. The van der Waals surface area contributed by atoms with Crippen molar-refractivity contribution in [1.82, 2.24) is 0 Å². The van der Waals surface area contributed by atoms with Crippen LogP contribution in [0.4, 0.5) is 0 Å². The molecule has 0 saturated heterocycles. The van der Waals surface area contributed by atoms with Crippen molar-refractivity contribution in [3.63, 3.8) is 0 Å². The van der Waals surface area contributed by atoms with Gasteiger partial charge in [-0.25, -0.2) is 0 Å². The van der Waals surface area contributed by atoms with Crippen LogP contribution in [0.2, 0.25) is 0 Å². The summed E-state index contributed by atoms with van der Waals surface area (Å²) in [6.07, 6.45) is 16.9. The van der Waals surface area contributed by atoms with Gasteiger partial charge in [0.1, 0.15) is 0 Å². The topological polar surface area (TPSA) is 0 Å². The van der Waals surface area contributed by atoms with Gasteiger partial charge in [-0.2, -0.15) is 0 Å². The van der Waals surface area contributed by atoms with Gasteiger partial charge in [-0.3, -0.25) is 0 Å². The Labute approximate surface area is 68.9 Å². The number of rotatable bonds is 4. The summed E-state index contributed by atoms with van der Waals surface area (Å²) in [5.74, 6) is 0. The standard InChI is InChI=1S/C11H13/c1-3-5-7-9-11-10-8-6-4-2/h1,3-11H,2H3/b3-1?,6-4+,7-5+,10-8+,11-9+. The fourth-order valence-corrected chi connectivity index (χ4v) is 0.496. The summed E-state index contributed by atoms with van der Waals surface area (Å²) in [5.41, 5.74) is 0. The van der Waals surface area contributed by atoms with Crippen molar-refractivity contribution in [2.45, 2.75) is 6.92 Å². The van der Waals surface area contributed by atoms with Crippen LogP contribution in [0.25, 0.3) is 0 Å². The molecule has 0 aliphatic rings. The van der Waals surface area contributed by atoms with Gasteiger partial charge < -0.3 is 0 Å². The molecule has 0 N–H and O–H groups in total. The molecule has 0 heterocycles. The molecule has 0 fully saturated rings. The zero-order chi connectivity index (χ0) is 8.36. The first kappa shape index (κ1) is 9.70. The molecular formula is C11H13. The van der Waals surface area contributed by atoms with Gasteiger partial charge in [-0.15, -0.1) is 0 Å². The van der Waals surface area contributed by atoms with E-state index in [1.165, 1.54) is 6.08 Å². The van der Waals surface area contributed by atoms with Crippen LogP contribution in [0.3, 0.4) is 0 Å². The van der Waals surface area contributed by atoms with Crippen molar-refractivity contribution in [2.24, 2.45) is 0 Å². The minimum absolute atomic E-state index is 1.50. The molecule has 11 heavy (non-hydrogen) atoms. The fraction of sp³-hybridized carbons (Fsp3) is 0.0909. The smallest absolute Gasteiger partial charge is 0.0467 e. The summed E-state index contributed by atoms with van der Waals surface area (Å²) in [4.78, 5) is 0. The van der Waals surface area contributed by atoms with E-state index in [4.69, 9.17) is 6.58 Å². The van der Waals surface area contributed by atoms with Gasteiger partial charge in [-0.05, 0) is 6.92 Å².